The van der Waals surface area contributed by atoms with Crippen LogP contribution in [0.2, 0.25) is 0 Å². The number of nitrogens with zero attached hydrogens (tertiary/aromatic N) is 3. The molecule has 1 fully saturated rings. The average molecular weight is 452 g/mol. The number of fused-ring (bicyclic) bond motifs is 1. The van der Waals surface area contributed by atoms with Crippen LogP contribution >= 0.6 is 0 Å². The van der Waals surface area contributed by atoms with Crippen LogP contribution in [0.3, 0.4) is 0 Å². The maximum absolute atomic E-state index is 11.4. The Kier molecular flexibility index (Phi) is 7.18. The summed E-state index contributed by atoms with van der Waals surface area (Å²) in [5.41, 5.74) is 3.43. The smallest absolute Gasteiger partial charge is 0.354 e. The fourth-order valence-electron chi connectivity index (χ4n) is 4.70. The van der Waals surface area contributed by atoms with Crippen molar-refractivity contribution in [1.82, 2.24) is 9.88 Å². The fourth-order valence-corrected chi connectivity index (χ4v) is 4.70. The molecule has 1 N–H and O–H groups in total. The lowest BCUT2D eigenvalue weighted by molar-refractivity contribution is 0.0690. The fraction of sp³-hybridized carbons (Fsp3) is 0.462. The molecule has 1 aromatic heterocycles. The van der Waals surface area contributed by atoms with Crippen LogP contribution in [0.15, 0.2) is 42.1 Å². The van der Waals surface area contributed by atoms with Crippen molar-refractivity contribution in [3.63, 3.8) is 0 Å². The molecule has 2 aromatic rings. The Bertz CT molecular complexity index is 1030. The maximum atomic E-state index is 11.4. The van der Waals surface area contributed by atoms with E-state index in [2.05, 4.69) is 35.0 Å². The lowest BCUT2D eigenvalue weighted by Gasteiger charge is -2.35. The van der Waals surface area contributed by atoms with E-state index in [1.165, 1.54) is 5.56 Å². The first kappa shape index (κ1) is 23.1. The number of hydrogen-bond acceptors (Lipinski definition) is 6. The Morgan fingerprint density at radius 3 is 2.70 bits per heavy atom. The number of aromatic carboxylic acids is 1. The number of benzene rings is 1. The SMILES string of the molecule is CC/C=C(\CN1CCC(c2cccc3c2OCCO3)CC1)N(C)c1nc(C(=O)O)ccc1C. The molecule has 0 atom stereocenters. The summed E-state index contributed by atoms with van der Waals surface area (Å²) in [6.07, 6.45) is 5.24. The Morgan fingerprint density at radius 1 is 1.21 bits per heavy atom. The first-order valence-corrected chi connectivity index (χ1v) is 11.7. The topological polar surface area (TPSA) is 75.1 Å². The quantitative estimate of drug-likeness (QED) is 0.666. The highest BCUT2D eigenvalue weighted by Gasteiger charge is 2.27. The number of likely N-dealkylation sites (N-methyl/N-ethyl adjacent to an activating group) is 1. The van der Waals surface area contributed by atoms with E-state index in [4.69, 9.17) is 9.47 Å². The van der Waals surface area contributed by atoms with Crippen LogP contribution in [-0.2, 0) is 0 Å². The number of ether oxygens (including phenoxy) is 2. The van der Waals surface area contributed by atoms with Gasteiger partial charge in [0, 0.05) is 24.9 Å². The monoisotopic (exact) mass is 451 g/mol. The molecule has 7 heteroatoms. The highest BCUT2D eigenvalue weighted by molar-refractivity contribution is 5.86. The van der Waals surface area contributed by atoms with E-state index in [9.17, 15) is 9.90 Å². The number of carboxylic acid groups (broad SMARTS) is 1. The van der Waals surface area contributed by atoms with Crippen molar-refractivity contribution in [3.05, 3.63) is 58.9 Å². The van der Waals surface area contributed by atoms with Gasteiger partial charge < -0.3 is 19.5 Å². The molecular formula is C26H33N3O4. The molecule has 0 aliphatic carbocycles. The average Bonchev–Trinajstić information content (AvgIpc) is 2.83. The number of rotatable bonds is 7. The van der Waals surface area contributed by atoms with Crippen molar-refractivity contribution < 1.29 is 19.4 Å². The zero-order valence-corrected chi connectivity index (χ0v) is 19.7. The van der Waals surface area contributed by atoms with Gasteiger partial charge in [0.1, 0.15) is 19.0 Å². The number of pyridine rings is 1. The summed E-state index contributed by atoms with van der Waals surface area (Å²) >= 11 is 0. The summed E-state index contributed by atoms with van der Waals surface area (Å²) in [7, 11) is 1.97. The molecule has 4 rings (SSSR count). The van der Waals surface area contributed by atoms with Crippen LogP contribution in [-0.4, -0.2) is 60.9 Å². The predicted octanol–water partition coefficient (Wildman–Crippen LogP) is 4.47. The number of anilines is 1. The van der Waals surface area contributed by atoms with Gasteiger partial charge in [-0.25, -0.2) is 9.78 Å². The molecule has 0 unspecified atom stereocenters. The van der Waals surface area contributed by atoms with Gasteiger partial charge in [-0.3, -0.25) is 4.90 Å². The van der Waals surface area contributed by atoms with Crippen molar-refractivity contribution in [2.45, 2.75) is 39.0 Å². The summed E-state index contributed by atoms with van der Waals surface area (Å²) in [5, 5.41) is 9.36. The minimum absolute atomic E-state index is 0.0662. The Labute approximate surface area is 195 Å². The van der Waals surface area contributed by atoms with Gasteiger partial charge in [0.15, 0.2) is 17.2 Å². The predicted molar refractivity (Wildman–Crippen MR) is 129 cm³/mol. The summed E-state index contributed by atoms with van der Waals surface area (Å²) in [6.45, 7) is 8.09. The van der Waals surface area contributed by atoms with Gasteiger partial charge in [0.05, 0.1) is 0 Å². The second kappa shape index (κ2) is 10.3. The van der Waals surface area contributed by atoms with Crippen LogP contribution < -0.4 is 14.4 Å². The summed E-state index contributed by atoms with van der Waals surface area (Å²) < 4.78 is 11.7. The number of carboxylic acids is 1. The molecule has 3 heterocycles. The number of para-hydroxylation sites is 1. The lowest BCUT2D eigenvalue weighted by atomic mass is 9.88. The molecule has 0 spiro atoms. The molecule has 0 amide bonds. The molecule has 1 aromatic carbocycles. The van der Waals surface area contributed by atoms with Crippen molar-refractivity contribution in [3.8, 4) is 11.5 Å². The van der Waals surface area contributed by atoms with Gasteiger partial charge in [-0.2, -0.15) is 0 Å². The highest BCUT2D eigenvalue weighted by atomic mass is 16.6. The van der Waals surface area contributed by atoms with Gasteiger partial charge in [0.25, 0.3) is 0 Å². The summed E-state index contributed by atoms with van der Waals surface area (Å²) in [5.74, 6) is 1.93. The van der Waals surface area contributed by atoms with Crippen molar-refractivity contribution in [2.75, 3.05) is 44.8 Å². The van der Waals surface area contributed by atoms with E-state index >= 15 is 0 Å². The van der Waals surface area contributed by atoms with E-state index in [1.807, 2.05) is 31.0 Å². The minimum atomic E-state index is -1.01. The summed E-state index contributed by atoms with van der Waals surface area (Å²) in [6, 6.07) is 9.60. The van der Waals surface area contributed by atoms with E-state index in [1.54, 1.807) is 6.07 Å². The third kappa shape index (κ3) is 5.14. The zero-order valence-electron chi connectivity index (χ0n) is 19.7. The van der Waals surface area contributed by atoms with Crippen LogP contribution in [0.25, 0.3) is 0 Å². The molecule has 1 saturated heterocycles. The third-order valence-electron chi connectivity index (χ3n) is 6.49. The molecule has 0 bridgehead atoms. The molecule has 2 aliphatic rings. The van der Waals surface area contributed by atoms with E-state index < -0.39 is 5.97 Å². The number of hydrogen-bond donors (Lipinski definition) is 1. The van der Waals surface area contributed by atoms with Crippen LogP contribution in [0.4, 0.5) is 5.82 Å². The first-order valence-electron chi connectivity index (χ1n) is 11.7. The van der Waals surface area contributed by atoms with Gasteiger partial charge in [-0.1, -0.05) is 31.2 Å². The Hall–Kier alpha value is -3.06. The number of carbonyl (C=O) groups is 1. The molecule has 2 aliphatic heterocycles. The number of aryl methyl sites for hydroxylation is 1. The van der Waals surface area contributed by atoms with Crippen molar-refractivity contribution >= 4 is 11.8 Å². The standard InChI is InChI=1S/C26H33N3O4/c1-4-6-20(28(3)25-18(2)9-10-22(27-25)26(30)31)17-29-13-11-19(12-14-29)21-7-5-8-23-24(21)33-16-15-32-23/h5-10,19H,4,11-17H2,1-3H3,(H,30,31)/b20-6+. The second-order valence-corrected chi connectivity index (χ2v) is 8.73. The van der Waals surface area contributed by atoms with Gasteiger partial charge in [0.2, 0.25) is 0 Å². The second-order valence-electron chi connectivity index (χ2n) is 8.73. The zero-order chi connectivity index (χ0) is 23.4. The van der Waals surface area contributed by atoms with E-state index in [0.29, 0.717) is 24.9 Å². The molecule has 0 radical (unpaired) electrons. The molecule has 33 heavy (non-hydrogen) atoms. The van der Waals surface area contributed by atoms with Crippen LogP contribution in [0, 0.1) is 6.92 Å². The van der Waals surface area contributed by atoms with Crippen LogP contribution in [0.1, 0.15) is 53.7 Å². The number of aromatic nitrogens is 1. The Morgan fingerprint density at radius 2 is 1.97 bits per heavy atom. The van der Waals surface area contributed by atoms with E-state index in [-0.39, 0.29) is 5.69 Å². The first-order chi connectivity index (χ1) is 16.0. The Balaban J connectivity index is 1.44. The molecule has 0 saturated carbocycles. The van der Waals surface area contributed by atoms with Crippen molar-refractivity contribution in [2.24, 2.45) is 0 Å². The van der Waals surface area contributed by atoms with Gasteiger partial charge in [-0.05, 0) is 62.9 Å². The minimum Gasteiger partial charge on any atom is -0.486 e. The van der Waals surface area contributed by atoms with E-state index in [0.717, 1.165) is 61.7 Å². The highest BCUT2D eigenvalue weighted by Crippen LogP contribution is 2.41. The molecular weight excluding hydrogens is 418 g/mol. The normalized spacial score (nSPS) is 17.1. The molecule has 176 valence electrons. The number of allylic oxidation sites excluding steroid dienone is 1. The molecule has 7 nitrogen and oxygen atoms in total. The summed E-state index contributed by atoms with van der Waals surface area (Å²) in [4.78, 5) is 20.3. The van der Waals surface area contributed by atoms with Gasteiger partial charge in [-0.15, -0.1) is 0 Å². The largest absolute Gasteiger partial charge is 0.486 e. The van der Waals surface area contributed by atoms with Crippen molar-refractivity contribution in [1.29, 1.82) is 0 Å². The number of piperidine rings is 1. The van der Waals surface area contributed by atoms with Crippen LogP contribution in [0.5, 0.6) is 11.5 Å². The number of likely N-dealkylation sites (tertiary alicyclic amines) is 1. The third-order valence-corrected chi connectivity index (χ3v) is 6.49. The maximum Gasteiger partial charge on any atom is 0.354 e. The lowest BCUT2D eigenvalue weighted by Crippen LogP contribution is -2.37. The van der Waals surface area contributed by atoms with Gasteiger partial charge >= 0.3 is 5.97 Å².